The normalized spacial score (nSPS) is 12.6. The van der Waals surface area contributed by atoms with Crippen LogP contribution in [-0.4, -0.2) is 39.5 Å². The molecule has 2 rings (SSSR count). The Kier molecular flexibility index (Phi) is 10.5. The van der Waals surface area contributed by atoms with E-state index in [1.165, 1.54) is 28.8 Å². The van der Waals surface area contributed by atoms with Gasteiger partial charge in [0.1, 0.15) is 6.04 Å². The van der Waals surface area contributed by atoms with Gasteiger partial charge in [-0.1, -0.05) is 48.3 Å². The molecule has 0 bridgehead atoms. The molecule has 2 unspecified atom stereocenters. The fraction of sp³-hybridized carbons (Fsp3) is 0.391. The molecule has 2 aromatic carbocycles. The van der Waals surface area contributed by atoms with Crippen molar-refractivity contribution < 1.29 is 14.5 Å². The smallest absolute Gasteiger partial charge is 0.269 e. The molecule has 2 atom stereocenters. The Hall–Kier alpha value is -2.29. The predicted molar refractivity (Wildman–Crippen MR) is 134 cm³/mol. The minimum Gasteiger partial charge on any atom is -0.352 e. The summed E-state index contributed by atoms with van der Waals surface area (Å²) in [5, 5.41) is 14.5. The van der Waals surface area contributed by atoms with Crippen LogP contribution in [0.4, 0.5) is 5.69 Å². The summed E-state index contributed by atoms with van der Waals surface area (Å²) in [7, 11) is 0. The van der Waals surface area contributed by atoms with Gasteiger partial charge in [0.25, 0.3) is 5.69 Å². The molecule has 0 saturated heterocycles. The second-order valence-corrected chi connectivity index (χ2v) is 9.48. The third-order valence-electron chi connectivity index (χ3n) is 5.15. The summed E-state index contributed by atoms with van der Waals surface area (Å²) in [6.07, 6.45) is 0.782. The van der Waals surface area contributed by atoms with Crippen LogP contribution in [-0.2, 0) is 21.9 Å². The van der Waals surface area contributed by atoms with E-state index in [0.29, 0.717) is 15.8 Å². The molecule has 0 aliphatic heterocycles. The van der Waals surface area contributed by atoms with E-state index >= 15 is 0 Å². The van der Waals surface area contributed by atoms with E-state index in [1.807, 2.05) is 13.8 Å². The number of benzene rings is 2. The van der Waals surface area contributed by atoms with Crippen molar-refractivity contribution in [3.8, 4) is 0 Å². The van der Waals surface area contributed by atoms with Crippen molar-refractivity contribution in [2.75, 3.05) is 5.75 Å². The van der Waals surface area contributed by atoms with Crippen molar-refractivity contribution in [2.45, 2.75) is 51.6 Å². The Morgan fingerprint density at radius 2 is 1.73 bits per heavy atom. The number of carbonyl (C=O) groups is 2. The second-order valence-electron chi connectivity index (χ2n) is 7.68. The summed E-state index contributed by atoms with van der Waals surface area (Å²) in [6.45, 7) is 5.80. The van der Waals surface area contributed by atoms with Crippen molar-refractivity contribution in [3.63, 3.8) is 0 Å². The van der Waals surface area contributed by atoms with E-state index in [9.17, 15) is 19.7 Å². The van der Waals surface area contributed by atoms with Crippen LogP contribution >= 0.6 is 35.0 Å². The minimum absolute atomic E-state index is 0.00149. The first kappa shape index (κ1) is 27.0. The summed E-state index contributed by atoms with van der Waals surface area (Å²) in [5.74, 6) is 0.245. The van der Waals surface area contributed by atoms with Gasteiger partial charge in [0.2, 0.25) is 11.8 Å². The topological polar surface area (TPSA) is 92.6 Å². The van der Waals surface area contributed by atoms with Gasteiger partial charge in [-0.3, -0.25) is 19.7 Å². The average molecular weight is 512 g/mol. The molecule has 0 radical (unpaired) electrons. The summed E-state index contributed by atoms with van der Waals surface area (Å²) < 4.78 is 0. The molecule has 2 amide bonds. The summed E-state index contributed by atoms with van der Waals surface area (Å²) in [4.78, 5) is 37.7. The highest BCUT2D eigenvalue weighted by molar-refractivity contribution is 7.99. The van der Waals surface area contributed by atoms with Gasteiger partial charge in [-0.2, -0.15) is 0 Å². The van der Waals surface area contributed by atoms with E-state index < -0.39 is 11.0 Å². The average Bonchev–Trinajstić information content (AvgIpc) is 2.79. The number of rotatable bonds is 11. The number of hydrogen-bond donors (Lipinski definition) is 1. The number of nitrogens with zero attached hydrogens (tertiary/aromatic N) is 2. The Labute approximate surface area is 208 Å². The number of amides is 2. The largest absolute Gasteiger partial charge is 0.352 e. The molecule has 0 saturated carbocycles. The van der Waals surface area contributed by atoms with Crippen LogP contribution in [0.3, 0.4) is 0 Å². The summed E-state index contributed by atoms with van der Waals surface area (Å²) in [5.41, 5.74) is 1.66. The molecule has 1 N–H and O–H groups in total. The lowest BCUT2D eigenvalue weighted by Gasteiger charge is -2.29. The summed E-state index contributed by atoms with van der Waals surface area (Å²) in [6, 6.07) is 10.7. The van der Waals surface area contributed by atoms with Gasteiger partial charge in [-0.05, 0) is 43.5 Å². The van der Waals surface area contributed by atoms with Gasteiger partial charge in [0, 0.05) is 30.5 Å². The van der Waals surface area contributed by atoms with Crippen LogP contribution in [0.25, 0.3) is 0 Å². The third-order valence-corrected chi connectivity index (χ3v) is 6.87. The van der Waals surface area contributed by atoms with Crippen molar-refractivity contribution in [1.82, 2.24) is 10.2 Å². The Morgan fingerprint density at radius 3 is 2.30 bits per heavy atom. The quantitative estimate of drug-likeness (QED) is 0.319. The molecule has 33 heavy (non-hydrogen) atoms. The first-order valence-corrected chi connectivity index (χ1v) is 12.4. The van der Waals surface area contributed by atoms with Gasteiger partial charge >= 0.3 is 0 Å². The molecule has 0 aromatic heterocycles. The van der Waals surface area contributed by atoms with Crippen molar-refractivity contribution in [2.24, 2.45) is 0 Å². The first-order valence-electron chi connectivity index (χ1n) is 10.5. The fourth-order valence-electron chi connectivity index (χ4n) is 2.94. The van der Waals surface area contributed by atoms with Crippen molar-refractivity contribution in [1.29, 1.82) is 0 Å². The van der Waals surface area contributed by atoms with E-state index in [1.54, 1.807) is 37.3 Å². The van der Waals surface area contributed by atoms with Crippen LogP contribution in [0.1, 0.15) is 38.3 Å². The number of hydrogen-bond acceptors (Lipinski definition) is 5. The number of nitro groups is 1. The zero-order valence-corrected chi connectivity index (χ0v) is 21.0. The number of nitrogens with one attached hydrogen (secondary N) is 1. The van der Waals surface area contributed by atoms with Crippen LogP contribution in [0.2, 0.25) is 10.0 Å². The molecule has 178 valence electrons. The fourth-order valence-corrected chi connectivity index (χ4v) is 4.13. The molecular weight excluding hydrogens is 485 g/mol. The van der Waals surface area contributed by atoms with Crippen LogP contribution in [0.15, 0.2) is 42.5 Å². The maximum atomic E-state index is 13.1. The van der Waals surface area contributed by atoms with Crippen LogP contribution < -0.4 is 5.32 Å². The highest BCUT2D eigenvalue weighted by Gasteiger charge is 2.26. The monoisotopic (exact) mass is 511 g/mol. The zero-order valence-electron chi connectivity index (χ0n) is 18.7. The highest BCUT2D eigenvalue weighted by Crippen LogP contribution is 2.24. The zero-order chi connectivity index (χ0) is 24.5. The maximum absolute atomic E-state index is 13.1. The molecule has 0 heterocycles. The SMILES string of the molecule is CCC(C)NC(=O)C(C)N(Cc1ccc(Cl)c(Cl)c1)C(=O)CSCc1ccc([N+](=O)[O-])cc1. The lowest BCUT2D eigenvalue weighted by atomic mass is 10.1. The van der Waals surface area contributed by atoms with Crippen LogP contribution in [0, 0.1) is 10.1 Å². The molecule has 0 aliphatic rings. The minimum atomic E-state index is -0.680. The Bertz CT molecular complexity index is 988. The number of nitro benzene ring substituents is 1. The molecular formula is C23H27Cl2N3O4S. The van der Waals surface area contributed by atoms with Crippen molar-refractivity contribution >= 4 is 52.5 Å². The number of carbonyl (C=O) groups excluding carboxylic acids is 2. The molecule has 10 heteroatoms. The standard InChI is InChI=1S/C23H27Cl2N3O4S/c1-4-15(2)26-23(30)16(3)27(12-18-7-10-20(24)21(25)11-18)22(29)14-33-13-17-5-8-19(9-6-17)28(31)32/h5-11,15-16H,4,12-14H2,1-3H3,(H,26,30). The lowest BCUT2D eigenvalue weighted by molar-refractivity contribution is -0.384. The van der Waals surface area contributed by atoms with Gasteiger partial charge in [0.15, 0.2) is 0 Å². The van der Waals surface area contributed by atoms with E-state index in [-0.39, 0.29) is 35.8 Å². The first-order chi connectivity index (χ1) is 15.6. The van der Waals surface area contributed by atoms with Crippen LogP contribution in [0.5, 0.6) is 0 Å². The second kappa shape index (κ2) is 12.8. The molecule has 0 aliphatic carbocycles. The molecule has 0 spiro atoms. The van der Waals surface area contributed by atoms with Gasteiger partial charge in [-0.15, -0.1) is 11.8 Å². The van der Waals surface area contributed by atoms with Crippen molar-refractivity contribution in [3.05, 3.63) is 73.8 Å². The van der Waals surface area contributed by atoms with Gasteiger partial charge in [0.05, 0.1) is 20.7 Å². The number of thioether (sulfide) groups is 1. The Morgan fingerprint density at radius 1 is 1.09 bits per heavy atom. The Balaban J connectivity index is 2.09. The van der Waals surface area contributed by atoms with E-state index in [4.69, 9.17) is 23.2 Å². The van der Waals surface area contributed by atoms with Gasteiger partial charge < -0.3 is 10.2 Å². The predicted octanol–water partition coefficient (Wildman–Crippen LogP) is 5.47. The number of halogens is 2. The maximum Gasteiger partial charge on any atom is 0.269 e. The molecule has 7 nitrogen and oxygen atoms in total. The molecule has 0 fully saturated rings. The number of non-ortho nitro benzene ring substituents is 1. The van der Waals surface area contributed by atoms with Gasteiger partial charge in [-0.25, -0.2) is 0 Å². The summed E-state index contributed by atoms with van der Waals surface area (Å²) >= 11 is 13.5. The van der Waals surface area contributed by atoms with E-state index in [2.05, 4.69) is 5.32 Å². The lowest BCUT2D eigenvalue weighted by Crippen LogP contribution is -2.50. The molecule has 2 aromatic rings. The highest BCUT2D eigenvalue weighted by atomic mass is 35.5. The third kappa shape index (κ3) is 8.21. The van der Waals surface area contributed by atoms with E-state index in [0.717, 1.165) is 17.5 Å².